The minimum absolute atomic E-state index is 0.0389. The Hall–Kier alpha value is -4.37. The molecule has 3 N–H and O–H groups in total. The van der Waals surface area contributed by atoms with Crippen LogP contribution in [0.1, 0.15) is 284 Å². The number of allylic oxidation sites excluding steroid dienone is 26. The molecule has 0 aliphatic rings. The lowest BCUT2D eigenvalue weighted by Crippen LogP contribution is -2.29. The largest absolute Gasteiger partial charge is 0.472 e. The second kappa shape index (κ2) is 70.7. The molecule has 2 atom stereocenters. The highest BCUT2D eigenvalue weighted by atomic mass is 31.2. The number of carbonyl (C=O) groups is 2. The molecule has 0 heterocycles. The lowest BCUT2D eigenvalue weighted by Gasteiger charge is -2.19. The number of phosphoric acid groups is 1. The van der Waals surface area contributed by atoms with Crippen LogP contribution in [0, 0.1) is 0 Å². The molecule has 0 aliphatic carbocycles. The quantitative estimate of drug-likeness (QED) is 0.0264. The highest BCUT2D eigenvalue weighted by molar-refractivity contribution is 7.47. The molecule has 0 rings (SSSR count). The van der Waals surface area contributed by atoms with Gasteiger partial charge in [0.25, 0.3) is 0 Å². The van der Waals surface area contributed by atoms with Gasteiger partial charge in [-0.15, -0.1) is 0 Å². The van der Waals surface area contributed by atoms with Crippen molar-refractivity contribution in [1.82, 2.24) is 0 Å². The van der Waals surface area contributed by atoms with E-state index in [4.69, 9.17) is 24.3 Å². The fraction of sp³-hybridized carbons (Fsp3) is 0.636. The third kappa shape index (κ3) is 70.6. The molecule has 0 aromatic heterocycles. The van der Waals surface area contributed by atoms with E-state index in [1.165, 1.54) is 141 Å². The molecule has 0 aromatic carbocycles. The summed E-state index contributed by atoms with van der Waals surface area (Å²) in [4.78, 5) is 35.3. The molecule has 9 nitrogen and oxygen atoms in total. The van der Waals surface area contributed by atoms with Gasteiger partial charge in [-0.2, -0.15) is 0 Å². The summed E-state index contributed by atoms with van der Waals surface area (Å²) >= 11 is 0. The number of esters is 2. The smallest absolute Gasteiger partial charge is 0.462 e. The molecule has 0 saturated carbocycles. The molecule has 0 saturated heterocycles. The topological polar surface area (TPSA) is 134 Å². The van der Waals surface area contributed by atoms with E-state index in [1.54, 1.807) is 0 Å². The first-order valence-corrected chi connectivity index (χ1v) is 36.5. The van der Waals surface area contributed by atoms with Gasteiger partial charge in [0.15, 0.2) is 6.10 Å². The Morgan fingerprint density at radius 3 is 0.977 bits per heavy atom. The summed E-state index contributed by atoms with van der Waals surface area (Å²) in [6.07, 6.45) is 103. The molecule has 87 heavy (non-hydrogen) atoms. The van der Waals surface area contributed by atoms with Crippen LogP contribution in [0.5, 0.6) is 0 Å². The summed E-state index contributed by atoms with van der Waals surface area (Å²) in [5.74, 6) is -0.882. The van der Waals surface area contributed by atoms with Crippen LogP contribution in [-0.2, 0) is 32.7 Å². The van der Waals surface area contributed by atoms with Crippen LogP contribution in [0.4, 0.5) is 0 Å². The van der Waals surface area contributed by atoms with Crippen LogP contribution in [-0.4, -0.2) is 49.3 Å². The minimum Gasteiger partial charge on any atom is -0.462 e. The highest BCUT2D eigenvalue weighted by Gasteiger charge is 2.26. The lowest BCUT2D eigenvalue weighted by atomic mass is 10.0. The molecule has 0 radical (unpaired) electrons. The predicted octanol–water partition coefficient (Wildman–Crippen LogP) is 23.2. The molecule has 0 aliphatic heterocycles. The van der Waals surface area contributed by atoms with Crippen molar-refractivity contribution in [2.75, 3.05) is 26.4 Å². The molecule has 0 aromatic rings. The zero-order chi connectivity index (χ0) is 63.0. The maximum absolute atomic E-state index is 12.7. The zero-order valence-corrected chi connectivity index (χ0v) is 56.3. The third-order valence-electron chi connectivity index (χ3n) is 14.4. The number of hydrogen-bond acceptors (Lipinski definition) is 8. The van der Waals surface area contributed by atoms with Gasteiger partial charge in [-0.1, -0.05) is 300 Å². The molecule has 494 valence electrons. The van der Waals surface area contributed by atoms with Gasteiger partial charge in [0, 0.05) is 19.4 Å². The van der Waals surface area contributed by atoms with E-state index < -0.39 is 32.5 Å². The fourth-order valence-corrected chi connectivity index (χ4v) is 10.0. The predicted molar refractivity (Wildman–Crippen MR) is 376 cm³/mol. The number of phosphoric ester groups is 1. The molecule has 2 unspecified atom stereocenters. The lowest BCUT2D eigenvalue weighted by molar-refractivity contribution is -0.161. The first-order chi connectivity index (χ1) is 42.8. The Morgan fingerprint density at radius 1 is 0.356 bits per heavy atom. The Bertz CT molecular complexity index is 1980. The highest BCUT2D eigenvalue weighted by Crippen LogP contribution is 2.43. The number of hydrogen-bond donors (Lipinski definition) is 2. The van der Waals surface area contributed by atoms with Gasteiger partial charge in [0.2, 0.25) is 0 Å². The summed E-state index contributed by atoms with van der Waals surface area (Å²) in [6, 6.07) is 0. The monoisotopic (exact) mass is 1230 g/mol. The van der Waals surface area contributed by atoms with E-state index in [9.17, 15) is 19.0 Å². The average Bonchev–Trinajstić information content (AvgIpc) is 3.64. The normalized spacial score (nSPS) is 13.9. The fourth-order valence-electron chi connectivity index (χ4n) is 9.26. The van der Waals surface area contributed by atoms with Gasteiger partial charge >= 0.3 is 19.8 Å². The van der Waals surface area contributed by atoms with Crippen molar-refractivity contribution in [3.05, 3.63) is 158 Å². The van der Waals surface area contributed by atoms with Crippen molar-refractivity contribution in [2.24, 2.45) is 5.73 Å². The summed E-state index contributed by atoms with van der Waals surface area (Å²) < 4.78 is 33.1. The van der Waals surface area contributed by atoms with Crippen LogP contribution in [0.25, 0.3) is 0 Å². The van der Waals surface area contributed by atoms with Gasteiger partial charge in [0.1, 0.15) is 6.61 Å². The molecular weight excluding hydrogens is 1100 g/mol. The van der Waals surface area contributed by atoms with Crippen LogP contribution in [0.2, 0.25) is 0 Å². The van der Waals surface area contributed by atoms with Crippen molar-refractivity contribution < 1.29 is 37.6 Å². The SMILES string of the molecule is CC/C=C\C/C=C\C/C=C\C/C=C\C/C=C\C/C=C\C/C=C\C/C=C\C/C=C\C/C=C\C/C=C\C/C=C\CCCCC(=O)OC(COC(=O)CCCCCCCCCCCCCCCCC/C=C\CCCCCCCCCC)COP(=O)(O)OCCN. The summed E-state index contributed by atoms with van der Waals surface area (Å²) in [5.41, 5.74) is 5.39. The van der Waals surface area contributed by atoms with Gasteiger partial charge in [0.05, 0.1) is 13.2 Å². The van der Waals surface area contributed by atoms with E-state index in [1.807, 2.05) is 0 Å². The van der Waals surface area contributed by atoms with E-state index in [2.05, 4.69) is 172 Å². The van der Waals surface area contributed by atoms with Gasteiger partial charge in [-0.3, -0.25) is 18.6 Å². The summed E-state index contributed by atoms with van der Waals surface area (Å²) in [7, 11) is -4.42. The molecule has 0 amide bonds. The number of nitrogens with two attached hydrogens (primary N) is 1. The van der Waals surface area contributed by atoms with E-state index in [-0.39, 0.29) is 32.6 Å². The first-order valence-electron chi connectivity index (χ1n) is 35.0. The Labute approximate surface area is 534 Å². The van der Waals surface area contributed by atoms with E-state index >= 15 is 0 Å². The Morgan fingerprint density at radius 2 is 0.632 bits per heavy atom. The third-order valence-corrected chi connectivity index (χ3v) is 15.4. The second-order valence-corrected chi connectivity index (χ2v) is 24.1. The van der Waals surface area contributed by atoms with Gasteiger partial charge in [-0.25, -0.2) is 4.57 Å². The second-order valence-electron chi connectivity index (χ2n) is 22.7. The average molecular weight is 1230 g/mol. The molecule has 0 fully saturated rings. The minimum atomic E-state index is -4.42. The first kappa shape index (κ1) is 82.6. The van der Waals surface area contributed by atoms with Crippen LogP contribution >= 0.6 is 7.82 Å². The van der Waals surface area contributed by atoms with Crippen molar-refractivity contribution in [3.63, 3.8) is 0 Å². The van der Waals surface area contributed by atoms with E-state index in [0.29, 0.717) is 6.42 Å². The zero-order valence-electron chi connectivity index (χ0n) is 55.4. The van der Waals surface area contributed by atoms with Crippen molar-refractivity contribution in [3.8, 4) is 0 Å². The number of carbonyl (C=O) groups excluding carboxylic acids is 2. The molecule has 0 spiro atoms. The Balaban J connectivity index is 4.04. The van der Waals surface area contributed by atoms with Crippen molar-refractivity contribution in [2.45, 2.75) is 290 Å². The van der Waals surface area contributed by atoms with Crippen molar-refractivity contribution >= 4 is 19.8 Å². The maximum atomic E-state index is 12.7. The molecular formula is C77H128NO8P. The summed E-state index contributed by atoms with van der Waals surface area (Å²) in [6.45, 7) is 3.59. The van der Waals surface area contributed by atoms with Gasteiger partial charge < -0.3 is 20.1 Å². The molecule has 10 heteroatoms. The number of rotatable bonds is 64. The maximum Gasteiger partial charge on any atom is 0.472 e. The van der Waals surface area contributed by atoms with Crippen LogP contribution < -0.4 is 5.73 Å². The van der Waals surface area contributed by atoms with E-state index in [0.717, 1.165) is 109 Å². The number of ether oxygens (including phenoxy) is 2. The Kier molecular flexibility index (Phi) is 67.2. The summed E-state index contributed by atoms with van der Waals surface area (Å²) in [5, 5.41) is 0. The van der Waals surface area contributed by atoms with Crippen LogP contribution in [0.15, 0.2) is 158 Å². The van der Waals surface area contributed by atoms with Crippen LogP contribution in [0.3, 0.4) is 0 Å². The van der Waals surface area contributed by atoms with Crippen molar-refractivity contribution in [1.29, 1.82) is 0 Å². The van der Waals surface area contributed by atoms with Gasteiger partial charge in [-0.05, 0) is 128 Å². The molecule has 0 bridgehead atoms. The number of unbranched alkanes of at least 4 members (excludes halogenated alkanes) is 25. The standard InChI is InChI=1S/C77H128NO8P/c1-3-5-7-9-11-13-15-17-19-21-23-25-27-29-31-32-33-34-35-36-37-38-39-40-41-42-44-46-48-50-52-54-56-58-60-62-64-66-68-70-77(80)86-75(74-85-87(81,82)84-72-71-78)73-83-76(79)69-67-65-63-61-59-57-55-53-51-49-47-45-43-30-28-26-24-22-20-18-16-14-12-10-8-6-4-2/h5,7,11,13,17,19,22-25,29,31,33-34,36-37,39-40,42,44,48,50,54,56,60,62,75H,3-4,6,8-10,12,14-16,18,20-21,26-28,30,32,35,38,41,43,45-47,49,51-53,55,57-59,61,63-74,78H2,1-2H3,(H,81,82)/b7-5-,13-11-,19-17-,24-22-,25-23-,31-29-,34-33-,37-36-,40-39-,44-42-,50-48-,56-54-,62-60-.